The number of nitrogens with zero attached hydrogens (tertiary/aromatic N) is 1. The molecule has 118 valence electrons. The van der Waals surface area contributed by atoms with Crippen LogP contribution in [0, 0.1) is 23.2 Å². The van der Waals surface area contributed by atoms with Crippen molar-refractivity contribution in [3.63, 3.8) is 0 Å². The highest BCUT2D eigenvalue weighted by Gasteiger charge is 2.53. The molecule has 1 heterocycles. The van der Waals surface area contributed by atoms with E-state index in [-0.39, 0.29) is 12.0 Å². The predicted molar refractivity (Wildman–Crippen MR) is 83.4 cm³/mol. The van der Waals surface area contributed by atoms with Crippen LogP contribution in [0.1, 0.15) is 51.4 Å². The molecule has 0 spiro atoms. The van der Waals surface area contributed by atoms with Crippen molar-refractivity contribution in [3.05, 3.63) is 0 Å². The molecule has 1 saturated heterocycles. The highest BCUT2D eigenvalue weighted by Crippen LogP contribution is 2.61. The van der Waals surface area contributed by atoms with Gasteiger partial charge in [0.25, 0.3) is 0 Å². The Labute approximate surface area is 128 Å². The summed E-state index contributed by atoms with van der Waals surface area (Å²) in [5.41, 5.74) is 7.07. The van der Waals surface area contributed by atoms with E-state index in [2.05, 4.69) is 4.90 Å². The van der Waals surface area contributed by atoms with Crippen LogP contribution in [0.3, 0.4) is 0 Å². The number of hydrogen-bond acceptors (Lipinski definition) is 4. The lowest BCUT2D eigenvalue weighted by molar-refractivity contribution is -0.0714. The fourth-order valence-corrected chi connectivity index (χ4v) is 6.49. The third-order valence-corrected chi connectivity index (χ3v) is 7.06. The number of likely N-dealkylation sites (tertiary alicyclic amines) is 1. The smallest absolute Gasteiger partial charge is 0.426 e. The topological polar surface area (TPSA) is 69.7 Å². The summed E-state index contributed by atoms with van der Waals surface area (Å²) in [6, 6.07) is 0.213. The Morgan fingerprint density at radius 2 is 1.67 bits per heavy atom. The number of nitrogens with two attached hydrogens (primary N) is 1. The highest BCUT2D eigenvalue weighted by atomic mass is 16.4. The minimum absolute atomic E-state index is 0.0926. The van der Waals surface area contributed by atoms with Crippen LogP contribution in [0.2, 0.25) is 0 Å². The second-order valence-corrected chi connectivity index (χ2v) is 8.50. The molecule has 0 unspecified atom stereocenters. The number of rotatable bonds is 4. The van der Waals surface area contributed by atoms with E-state index in [1.165, 1.54) is 38.5 Å². The maximum absolute atomic E-state index is 9.54. The molecule has 5 rings (SSSR count). The standard InChI is InChI=1S/C16H29BN2O2/c18-14(10-19-3-1-2-15(19)17(20)21)16-7-11-4-12(8-16)6-13(5-11)9-16/h11-15,20-21H,1-10,18H2/t11?,12?,13?,14-,15+,16?/m1/s1. The molecule has 5 aliphatic rings. The first-order valence-corrected chi connectivity index (χ1v) is 8.91. The minimum Gasteiger partial charge on any atom is -0.426 e. The van der Waals surface area contributed by atoms with Gasteiger partial charge in [0.1, 0.15) is 0 Å². The predicted octanol–water partition coefficient (Wildman–Crippen LogP) is 1.01. The molecule has 4 nitrogen and oxygen atoms in total. The zero-order valence-electron chi connectivity index (χ0n) is 13.0. The maximum Gasteiger partial charge on any atom is 0.469 e. The van der Waals surface area contributed by atoms with Gasteiger partial charge in [-0.3, -0.25) is 0 Å². The van der Waals surface area contributed by atoms with E-state index < -0.39 is 7.12 Å². The lowest BCUT2D eigenvalue weighted by Gasteiger charge is -2.59. The van der Waals surface area contributed by atoms with Crippen LogP contribution in [0.5, 0.6) is 0 Å². The monoisotopic (exact) mass is 292 g/mol. The van der Waals surface area contributed by atoms with Gasteiger partial charge in [0.15, 0.2) is 0 Å². The SMILES string of the molecule is N[C@H](CN1CCC[C@H]1B(O)O)C12CC3CC(CC(C3)C1)C2. The van der Waals surface area contributed by atoms with Gasteiger partial charge < -0.3 is 20.7 Å². The Morgan fingerprint density at radius 3 is 2.19 bits per heavy atom. The van der Waals surface area contributed by atoms with E-state index in [0.717, 1.165) is 43.7 Å². The second-order valence-electron chi connectivity index (χ2n) is 8.50. The first-order valence-electron chi connectivity index (χ1n) is 8.91. The average Bonchev–Trinajstić information content (AvgIpc) is 2.85. The molecule has 5 heteroatoms. The van der Waals surface area contributed by atoms with Crippen molar-refractivity contribution in [2.24, 2.45) is 28.9 Å². The molecule has 0 amide bonds. The summed E-state index contributed by atoms with van der Waals surface area (Å²) < 4.78 is 0. The normalized spacial score (nSPS) is 47.0. The molecule has 0 aromatic rings. The van der Waals surface area contributed by atoms with Crippen LogP contribution in [-0.4, -0.2) is 47.1 Å². The quantitative estimate of drug-likeness (QED) is 0.676. The van der Waals surface area contributed by atoms with E-state index in [1.54, 1.807) is 0 Å². The van der Waals surface area contributed by atoms with Crippen LogP contribution in [0.25, 0.3) is 0 Å². The van der Waals surface area contributed by atoms with Crippen LogP contribution < -0.4 is 5.73 Å². The Morgan fingerprint density at radius 1 is 1.10 bits per heavy atom. The zero-order valence-corrected chi connectivity index (χ0v) is 13.0. The highest BCUT2D eigenvalue weighted by molar-refractivity contribution is 6.43. The fourth-order valence-electron chi connectivity index (χ4n) is 6.49. The Bertz CT molecular complexity index is 368. The van der Waals surface area contributed by atoms with Gasteiger partial charge in [0.05, 0.1) is 0 Å². The molecule has 1 aliphatic heterocycles. The molecule has 0 aromatic carbocycles. The molecule has 4 N–H and O–H groups in total. The molecular weight excluding hydrogens is 263 g/mol. The van der Waals surface area contributed by atoms with Crippen molar-refractivity contribution < 1.29 is 10.0 Å². The Balaban J connectivity index is 1.46. The second kappa shape index (κ2) is 5.22. The van der Waals surface area contributed by atoms with Crippen molar-refractivity contribution in [1.29, 1.82) is 0 Å². The maximum atomic E-state index is 9.54. The van der Waals surface area contributed by atoms with E-state index in [4.69, 9.17) is 5.73 Å². The van der Waals surface area contributed by atoms with E-state index in [1.807, 2.05) is 0 Å². The summed E-state index contributed by atoms with van der Waals surface area (Å²) in [6.07, 6.45) is 10.3. The first kappa shape index (κ1) is 14.5. The third kappa shape index (κ3) is 2.46. The van der Waals surface area contributed by atoms with Crippen molar-refractivity contribution >= 4 is 7.12 Å². The summed E-state index contributed by atoms with van der Waals surface area (Å²) in [6.45, 7) is 1.83. The summed E-state index contributed by atoms with van der Waals surface area (Å²) in [5, 5.41) is 19.1. The Kier molecular flexibility index (Phi) is 3.61. The molecule has 0 aromatic heterocycles. The van der Waals surface area contributed by atoms with Gasteiger partial charge in [-0.05, 0) is 81.1 Å². The van der Waals surface area contributed by atoms with Crippen molar-refractivity contribution in [2.75, 3.05) is 13.1 Å². The summed E-state index contributed by atoms with van der Waals surface area (Å²) in [7, 11) is -1.21. The van der Waals surface area contributed by atoms with Crippen molar-refractivity contribution in [1.82, 2.24) is 4.90 Å². The third-order valence-electron chi connectivity index (χ3n) is 7.06. The zero-order chi connectivity index (χ0) is 14.6. The first-order chi connectivity index (χ1) is 10.1. The minimum atomic E-state index is -1.21. The van der Waals surface area contributed by atoms with E-state index in [9.17, 15) is 10.0 Å². The molecular formula is C16H29BN2O2. The molecule has 5 fully saturated rings. The van der Waals surface area contributed by atoms with Gasteiger partial charge in [0.2, 0.25) is 0 Å². The van der Waals surface area contributed by atoms with E-state index in [0.29, 0.717) is 5.41 Å². The fraction of sp³-hybridized carbons (Fsp3) is 1.00. The van der Waals surface area contributed by atoms with Crippen LogP contribution in [-0.2, 0) is 0 Å². The van der Waals surface area contributed by atoms with Crippen LogP contribution >= 0.6 is 0 Å². The lowest BCUT2D eigenvalue weighted by Crippen LogP contribution is -2.59. The molecule has 2 atom stereocenters. The van der Waals surface area contributed by atoms with Gasteiger partial charge in [-0.25, -0.2) is 0 Å². The van der Waals surface area contributed by atoms with Crippen LogP contribution in [0.4, 0.5) is 0 Å². The van der Waals surface area contributed by atoms with Crippen molar-refractivity contribution in [3.8, 4) is 0 Å². The largest absolute Gasteiger partial charge is 0.469 e. The van der Waals surface area contributed by atoms with Gasteiger partial charge in [-0.1, -0.05) is 0 Å². The molecule has 4 saturated carbocycles. The van der Waals surface area contributed by atoms with Gasteiger partial charge in [-0.2, -0.15) is 0 Å². The van der Waals surface area contributed by atoms with Crippen LogP contribution in [0.15, 0.2) is 0 Å². The lowest BCUT2D eigenvalue weighted by atomic mass is 9.47. The van der Waals surface area contributed by atoms with Gasteiger partial charge >= 0.3 is 7.12 Å². The van der Waals surface area contributed by atoms with Gasteiger partial charge in [-0.15, -0.1) is 0 Å². The molecule has 4 aliphatic carbocycles. The summed E-state index contributed by atoms with van der Waals surface area (Å²) in [5.74, 6) is 2.70. The molecule has 4 bridgehead atoms. The van der Waals surface area contributed by atoms with Crippen molar-refractivity contribution in [2.45, 2.75) is 63.3 Å². The number of hydrogen-bond donors (Lipinski definition) is 3. The van der Waals surface area contributed by atoms with Gasteiger partial charge in [0, 0.05) is 18.5 Å². The van der Waals surface area contributed by atoms with E-state index >= 15 is 0 Å². The Hall–Kier alpha value is -0.0951. The molecule has 0 radical (unpaired) electrons. The summed E-state index contributed by atoms with van der Waals surface area (Å²) >= 11 is 0. The average molecular weight is 292 g/mol. The molecule has 21 heavy (non-hydrogen) atoms. The summed E-state index contributed by atoms with van der Waals surface area (Å²) in [4.78, 5) is 2.24.